The van der Waals surface area contributed by atoms with Gasteiger partial charge in [-0.1, -0.05) is 23.7 Å². The maximum atomic E-state index is 12.7. The van der Waals surface area contributed by atoms with Crippen LogP contribution in [-0.4, -0.2) is 111 Å². The van der Waals surface area contributed by atoms with Gasteiger partial charge >= 0.3 is 6.09 Å². The molecule has 276 valence electrons. The number of aliphatic hydroxyl groups is 1. The Bertz CT molecular complexity index is 2080. The summed E-state index contributed by atoms with van der Waals surface area (Å²) in [5.74, 6) is 1.51. The van der Waals surface area contributed by atoms with Gasteiger partial charge in [-0.15, -0.1) is 0 Å². The molecule has 2 atom stereocenters. The number of hydrogen-bond donors (Lipinski definition) is 2. The molecule has 0 unspecified atom stereocenters. The van der Waals surface area contributed by atoms with Crippen LogP contribution in [0.25, 0.3) is 5.65 Å². The van der Waals surface area contributed by atoms with Gasteiger partial charge in [-0.2, -0.15) is 30.1 Å². The molecule has 4 heterocycles. The lowest BCUT2D eigenvalue weighted by atomic mass is 10.1. The van der Waals surface area contributed by atoms with Gasteiger partial charge < -0.3 is 34.6 Å². The molecular weight excluding hydrogens is 698 g/mol. The third kappa shape index (κ3) is 7.74. The van der Waals surface area contributed by atoms with Crippen LogP contribution in [0.3, 0.4) is 0 Å². The van der Waals surface area contributed by atoms with Gasteiger partial charge in [0.1, 0.15) is 23.0 Å². The van der Waals surface area contributed by atoms with E-state index in [0.29, 0.717) is 78.4 Å². The van der Waals surface area contributed by atoms with E-state index in [1.54, 1.807) is 28.7 Å². The van der Waals surface area contributed by atoms with Crippen LogP contribution in [0.15, 0.2) is 42.6 Å². The lowest BCUT2D eigenvalue weighted by Crippen LogP contribution is -2.54. The van der Waals surface area contributed by atoms with Crippen LogP contribution in [0.4, 0.5) is 28.1 Å². The highest BCUT2D eigenvalue weighted by molar-refractivity contribution is 6.36. The van der Waals surface area contributed by atoms with Gasteiger partial charge in [-0.05, 0) is 63.4 Å². The predicted molar refractivity (Wildman–Crippen MR) is 199 cm³/mol. The molecule has 53 heavy (non-hydrogen) atoms. The number of fused-ring (bicyclic) bond motifs is 1. The van der Waals surface area contributed by atoms with Crippen molar-refractivity contribution >= 4 is 46.6 Å². The van der Waals surface area contributed by atoms with Gasteiger partial charge in [-0.3, -0.25) is 4.90 Å². The molecule has 0 bridgehead atoms. The van der Waals surface area contributed by atoms with Crippen molar-refractivity contribution in [3.63, 3.8) is 0 Å². The summed E-state index contributed by atoms with van der Waals surface area (Å²) >= 11 is 7.09. The average Bonchev–Trinajstić information content (AvgIpc) is 3.78. The first-order valence-electron chi connectivity index (χ1n) is 17.7. The van der Waals surface area contributed by atoms with Crippen molar-refractivity contribution in [3.8, 4) is 17.9 Å². The van der Waals surface area contributed by atoms with Crippen molar-refractivity contribution < 1.29 is 19.4 Å². The Morgan fingerprint density at radius 1 is 1.08 bits per heavy atom. The van der Waals surface area contributed by atoms with Crippen LogP contribution in [0.2, 0.25) is 5.02 Å². The monoisotopic (exact) mass is 739 g/mol. The Hall–Kier alpha value is -5.35. The second-order valence-electron chi connectivity index (χ2n) is 14.6. The Morgan fingerprint density at radius 2 is 1.81 bits per heavy atom. The molecule has 2 saturated heterocycles. The van der Waals surface area contributed by atoms with Crippen molar-refractivity contribution in [2.24, 2.45) is 0 Å². The van der Waals surface area contributed by atoms with Gasteiger partial charge in [0.2, 0.25) is 11.9 Å². The normalized spacial score (nSPS) is 19.2. The quantitative estimate of drug-likeness (QED) is 0.245. The largest absolute Gasteiger partial charge is 0.497 e. The minimum Gasteiger partial charge on any atom is -0.497 e. The van der Waals surface area contributed by atoms with Crippen molar-refractivity contribution in [2.45, 2.75) is 63.9 Å². The van der Waals surface area contributed by atoms with Gasteiger partial charge in [0.25, 0.3) is 0 Å². The average molecular weight is 740 g/mol. The zero-order valence-corrected chi connectivity index (χ0v) is 30.9. The zero-order valence-electron chi connectivity index (χ0n) is 30.2. The first-order valence-corrected chi connectivity index (χ1v) is 18.0. The van der Waals surface area contributed by atoms with E-state index >= 15 is 0 Å². The molecule has 1 amide bonds. The molecule has 15 nitrogen and oxygen atoms in total. The first kappa shape index (κ1) is 36.0. The summed E-state index contributed by atoms with van der Waals surface area (Å²) in [6, 6.07) is 15.7. The van der Waals surface area contributed by atoms with E-state index < -0.39 is 17.8 Å². The molecule has 7 rings (SSSR count). The molecular formula is C37H42ClN11O4. The summed E-state index contributed by atoms with van der Waals surface area (Å²) in [4.78, 5) is 30.3. The molecule has 3 aliphatic rings. The number of benzene rings is 2. The summed E-state index contributed by atoms with van der Waals surface area (Å²) in [5, 5.41) is 39.0. The van der Waals surface area contributed by atoms with Gasteiger partial charge in [-0.25, -0.2) is 4.79 Å². The molecule has 2 aromatic heterocycles. The first-order chi connectivity index (χ1) is 25.4. The molecule has 2 N–H and O–H groups in total. The minimum absolute atomic E-state index is 0.211. The van der Waals surface area contributed by atoms with Crippen molar-refractivity contribution in [3.05, 3.63) is 64.3 Å². The maximum Gasteiger partial charge on any atom is 0.410 e. The third-order valence-electron chi connectivity index (χ3n) is 9.69. The fourth-order valence-electron chi connectivity index (χ4n) is 6.87. The second kappa shape index (κ2) is 14.6. The number of nitrogens with one attached hydrogen (secondary N) is 1. The van der Waals surface area contributed by atoms with Gasteiger partial charge in [0, 0.05) is 45.3 Å². The number of methoxy groups -OCH3 is 1. The summed E-state index contributed by atoms with van der Waals surface area (Å²) in [7, 11) is 1.64. The summed E-state index contributed by atoms with van der Waals surface area (Å²) in [6.07, 6.45) is 2.34. The number of halogens is 1. The molecule has 2 aromatic carbocycles. The van der Waals surface area contributed by atoms with E-state index in [4.69, 9.17) is 26.1 Å². The summed E-state index contributed by atoms with van der Waals surface area (Å²) in [5.41, 5.74) is 2.62. The minimum atomic E-state index is -0.693. The number of aromatic nitrogens is 4. The highest BCUT2D eigenvalue weighted by Gasteiger charge is 2.40. The number of aliphatic hydroxyl groups excluding tert-OH is 1. The number of piperazine rings is 1. The fourth-order valence-corrected chi connectivity index (χ4v) is 7.15. The van der Waals surface area contributed by atoms with Crippen molar-refractivity contribution in [1.29, 1.82) is 10.5 Å². The van der Waals surface area contributed by atoms with Crippen LogP contribution in [-0.2, 0) is 11.3 Å². The number of nitriles is 2. The van der Waals surface area contributed by atoms with E-state index in [9.17, 15) is 20.4 Å². The Balaban J connectivity index is 1.12. The van der Waals surface area contributed by atoms with Crippen LogP contribution in [0, 0.1) is 22.7 Å². The lowest BCUT2D eigenvalue weighted by molar-refractivity contribution is 0.0269. The van der Waals surface area contributed by atoms with E-state index in [1.165, 1.54) is 6.20 Å². The highest BCUT2D eigenvalue weighted by atomic mass is 35.5. The number of carbonyl (C=O) groups is 1. The number of hydrogen-bond acceptors (Lipinski definition) is 13. The number of anilines is 4. The number of likely N-dealkylation sites (tertiary alicyclic amines) is 1. The predicted octanol–water partition coefficient (Wildman–Crippen LogP) is 4.54. The maximum absolute atomic E-state index is 12.7. The summed E-state index contributed by atoms with van der Waals surface area (Å²) < 4.78 is 12.5. The molecule has 1 saturated carbocycles. The van der Waals surface area contributed by atoms with E-state index in [0.717, 1.165) is 24.2 Å². The third-order valence-corrected chi connectivity index (χ3v) is 10.1. The molecule has 0 spiro atoms. The number of β-amino-alcohol motifs (C(OH)–C–C–N with tert-alkyl or cyclic N) is 1. The zero-order chi connectivity index (χ0) is 37.4. The van der Waals surface area contributed by atoms with Crippen LogP contribution < -0.4 is 19.9 Å². The molecule has 4 aromatic rings. The Labute approximate surface area is 312 Å². The van der Waals surface area contributed by atoms with Crippen molar-refractivity contribution in [2.75, 3.05) is 61.5 Å². The van der Waals surface area contributed by atoms with E-state index in [-0.39, 0.29) is 24.6 Å². The topological polar surface area (TPSA) is 171 Å². The molecule has 1 aliphatic carbocycles. The van der Waals surface area contributed by atoms with Crippen LogP contribution in [0.5, 0.6) is 5.75 Å². The molecule has 16 heteroatoms. The van der Waals surface area contributed by atoms with Gasteiger partial charge in [0.15, 0.2) is 5.65 Å². The molecule has 0 radical (unpaired) electrons. The second-order valence-corrected chi connectivity index (χ2v) is 15.0. The molecule has 2 aliphatic heterocycles. The Morgan fingerprint density at radius 3 is 2.45 bits per heavy atom. The number of amides is 1. The summed E-state index contributed by atoms with van der Waals surface area (Å²) in [6.45, 7) is 9.02. The lowest BCUT2D eigenvalue weighted by Gasteiger charge is -2.40. The number of carbonyl (C=O) groups excluding carboxylic acids is 1. The van der Waals surface area contributed by atoms with Crippen LogP contribution >= 0.6 is 11.6 Å². The smallest absolute Gasteiger partial charge is 0.410 e. The van der Waals surface area contributed by atoms with E-state index in [1.807, 2.05) is 45.0 Å². The standard InChI is InChI=1S/C37H42ClN11O4/c1-37(2,3)53-36(51)47-21-30(31(50)22-47)46-13-11-45(12-14-46)29-16-24(17-39)15-28(32(29)38)42-34-43-33-25(18-40)19-41-49(33)35(44-34)48(26-7-8-26)20-23-5-9-27(52-4)10-6-23/h5-6,9-10,15-16,19,26,30-31,50H,7-8,11-14,20-22H2,1-4H3,(H,42,43)/t30-,31-/m1/s1. The molecule has 3 fully saturated rings. The van der Waals surface area contributed by atoms with E-state index in [2.05, 4.69) is 42.2 Å². The Kier molecular flexibility index (Phi) is 9.91. The SMILES string of the molecule is COc1ccc(CN(c2nc(Nc3cc(C#N)cc(N4CCN([C@@H]5CN(C(=O)OC(C)(C)C)C[C@H]5O)CC4)c3Cl)nc3c(C#N)cnn23)C2CC2)cc1. The van der Waals surface area contributed by atoms with Crippen LogP contribution in [0.1, 0.15) is 50.3 Å². The van der Waals surface area contributed by atoms with Gasteiger partial charge in [0.05, 0.1) is 60.0 Å². The van der Waals surface area contributed by atoms with Crippen molar-refractivity contribution in [1.82, 2.24) is 29.4 Å². The fraction of sp³-hybridized carbons (Fsp3) is 0.459. The number of ether oxygens (including phenoxy) is 2. The number of rotatable bonds is 9. The highest BCUT2D eigenvalue weighted by Crippen LogP contribution is 2.38. The number of nitrogens with zero attached hydrogens (tertiary/aromatic N) is 10.